The Morgan fingerprint density at radius 3 is 2.90 bits per heavy atom. The number of nitriles is 1. The van der Waals surface area contributed by atoms with Crippen LogP contribution in [0.25, 0.3) is 16.7 Å². The Bertz CT molecular complexity index is 1320. The number of imidazole rings is 1. The molecule has 3 heterocycles. The largest absolute Gasteiger partial charge is 0.366 e. The van der Waals surface area contributed by atoms with Gasteiger partial charge in [-0.15, -0.1) is 11.3 Å². The fourth-order valence-corrected chi connectivity index (χ4v) is 4.80. The summed E-state index contributed by atoms with van der Waals surface area (Å²) in [6.07, 6.45) is 0. The number of carbonyl (C=O) groups excluding carboxylic acids is 2. The third kappa shape index (κ3) is 3.44. The maximum absolute atomic E-state index is 12.4. The van der Waals surface area contributed by atoms with Gasteiger partial charge in [0.1, 0.15) is 11.1 Å². The predicted molar refractivity (Wildman–Crippen MR) is 114 cm³/mol. The summed E-state index contributed by atoms with van der Waals surface area (Å²) >= 11 is 2.58. The second-order valence-corrected chi connectivity index (χ2v) is 8.19. The van der Waals surface area contributed by atoms with Crippen molar-refractivity contribution in [2.75, 3.05) is 11.1 Å². The Morgan fingerprint density at radius 1 is 1.34 bits per heavy atom. The molecule has 0 aliphatic carbocycles. The summed E-state index contributed by atoms with van der Waals surface area (Å²) in [6.45, 7) is 1.85. The van der Waals surface area contributed by atoms with Gasteiger partial charge in [0.05, 0.1) is 32.9 Å². The number of fused-ring (bicyclic) bond motifs is 3. The molecule has 9 heteroatoms. The topological polar surface area (TPSA) is 113 Å². The van der Waals surface area contributed by atoms with Crippen LogP contribution in [0.5, 0.6) is 0 Å². The minimum Gasteiger partial charge on any atom is -0.366 e. The highest BCUT2D eigenvalue weighted by atomic mass is 32.2. The predicted octanol–water partition coefficient (Wildman–Crippen LogP) is 3.56. The number of carbonyl (C=O) groups is 2. The van der Waals surface area contributed by atoms with E-state index in [9.17, 15) is 14.9 Å². The second-order valence-electron chi connectivity index (χ2n) is 6.28. The van der Waals surface area contributed by atoms with Gasteiger partial charge in [-0.05, 0) is 42.1 Å². The number of aromatic nitrogens is 2. The molecule has 144 valence electrons. The first-order valence-electron chi connectivity index (χ1n) is 8.60. The van der Waals surface area contributed by atoms with Gasteiger partial charge in [0, 0.05) is 0 Å². The van der Waals surface area contributed by atoms with E-state index >= 15 is 0 Å². The molecule has 2 amide bonds. The van der Waals surface area contributed by atoms with Crippen LogP contribution < -0.4 is 11.1 Å². The summed E-state index contributed by atoms with van der Waals surface area (Å²) < 4.78 is 1.90. The number of thiophene rings is 1. The molecule has 0 fully saturated rings. The molecule has 0 saturated heterocycles. The van der Waals surface area contributed by atoms with Crippen LogP contribution in [-0.4, -0.2) is 27.0 Å². The first-order chi connectivity index (χ1) is 14.0. The summed E-state index contributed by atoms with van der Waals surface area (Å²) in [7, 11) is 0. The molecular formula is C20H15N5O2S2. The van der Waals surface area contributed by atoms with Crippen molar-refractivity contribution in [3.63, 3.8) is 0 Å². The average Bonchev–Trinajstić information content (AvgIpc) is 3.30. The lowest BCUT2D eigenvalue weighted by Gasteiger charge is -2.10. The van der Waals surface area contributed by atoms with Gasteiger partial charge in [-0.3, -0.25) is 14.0 Å². The molecule has 0 unspecified atom stereocenters. The fraction of sp³-hybridized carbons (Fsp3) is 0.100. The maximum Gasteiger partial charge on any atom is 0.251 e. The molecule has 3 N–H and O–H groups in total. The van der Waals surface area contributed by atoms with E-state index in [1.54, 1.807) is 11.4 Å². The number of anilines is 1. The minimum atomic E-state index is -0.580. The van der Waals surface area contributed by atoms with Gasteiger partial charge in [0.2, 0.25) is 5.91 Å². The van der Waals surface area contributed by atoms with Gasteiger partial charge in [-0.2, -0.15) is 5.26 Å². The molecule has 29 heavy (non-hydrogen) atoms. The first kappa shape index (κ1) is 19.0. The lowest BCUT2D eigenvalue weighted by atomic mass is 10.2. The quantitative estimate of drug-likeness (QED) is 0.478. The van der Waals surface area contributed by atoms with E-state index in [0.717, 1.165) is 21.6 Å². The van der Waals surface area contributed by atoms with Gasteiger partial charge in [0.15, 0.2) is 5.65 Å². The monoisotopic (exact) mass is 421 g/mol. The Morgan fingerprint density at radius 2 is 2.14 bits per heavy atom. The van der Waals surface area contributed by atoms with Crippen LogP contribution in [0.3, 0.4) is 0 Å². The number of nitrogens with two attached hydrogens (primary N) is 1. The standard InChI is InChI=1S/C20H15N5O2S2/c1-11-8-17(29-10-16(26)24-20-12(18(22)27)6-7-28-20)25-15-5-3-2-4-14(15)23-19(25)13(11)9-21/h2-8H,10H2,1H3,(H2,22,27)(H,24,26). The zero-order chi connectivity index (χ0) is 20.5. The molecule has 4 aromatic rings. The number of hydrogen-bond donors (Lipinski definition) is 2. The van der Waals surface area contributed by atoms with Crippen LogP contribution in [0, 0.1) is 18.3 Å². The van der Waals surface area contributed by atoms with E-state index in [0.29, 0.717) is 21.8 Å². The SMILES string of the molecule is Cc1cc(SCC(=O)Nc2sccc2C(N)=O)n2c(nc3ccccc32)c1C#N. The number of para-hydroxylation sites is 2. The molecule has 0 aliphatic heterocycles. The minimum absolute atomic E-state index is 0.128. The zero-order valence-corrected chi connectivity index (χ0v) is 16.9. The number of amides is 2. The Kier molecular flexibility index (Phi) is 4.96. The number of nitrogens with one attached hydrogen (secondary N) is 1. The van der Waals surface area contributed by atoms with Gasteiger partial charge >= 0.3 is 0 Å². The molecule has 4 rings (SSSR count). The zero-order valence-electron chi connectivity index (χ0n) is 15.3. The van der Waals surface area contributed by atoms with Crippen molar-refractivity contribution in [2.45, 2.75) is 11.9 Å². The molecule has 7 nitrogen and oxygen atoms in total. The number of thioether (sulfide) groups is 1. The number of rotatable bonds is 5. The molecule has 0 atom stereocenters. The Labute approximate surface area is 174 Å². The van der Waals surface area contributed by atoms with Gasteiger partial charge in [0.25, 0.3) is 5.91 Å². The number of nitrogens with zero attached hydrogens (tertiary/aromatic N) is 3. The third-order valence-corrected chi connectivity index (χ3v) is 6.22. The summed E-state index contributed by atoms with van der Waals surface area (Å²) in [5.41, 5.74) is 9.16. The van der Waals surface area contributed by atoms with E-state index < -0.39 is 5.91 Å². The molecule has 0 spiro atoms. The number of aryl methyl sites for hydroxylation is 1. The fourth-order valence-electron chi connectivity index (χ4n) is 3.06. The van der Waals surface area contributed by atoms with Crippen molar-refractivity contribution >= 4 is 56.6 Å². The van der Waals surface area contributed by atoms with Crippen molar-refractivity contribution < 1.29 is 9.59 Å². The highest BCUT2D eigenvalue weighted by Gasteiger charge is 2.17. The number of pyridine rings is 1. The molecule has 0 bridgehead atoms. The van der Waals surface area contributed by atoms with Gasteiger partial charge < -0.3 is 11.1 Å². The van der Waals surface area contributed by atoms with Crippen molar-refractivity contribution in [3.05, 3.63) is 58.5 Å². The van der Waals surface area contributed by atoms with Crippen LogP contribution in [0.2, 0.25) is 0 Å². The molecule has 3 aromatic heterocycles. The molecule has 0 saturated carbocycles. The van der Waals surface area contributed by atoms with E-state index in [-0.39, 0.29) is 11.7 Å². The number of benzene rings is 1. The van der Waals surface area contributed by atoms with Gasteiger partial charge in [-0.25, -0.2) is 4.98 Å². The van der Waals surface area contributed by atoms with E-state index in [1.807, 2.05) is 41.7 Å². The summed E-state index contributed by atoms with van der Waals surface area (Å²) in [4.78, 5) is 28.5. The van der Waals surface area contributed by atoms with E-state index in [1.165, 1.54) is 23.1 Å². The van der Waals surface area contributed by atoms with Gasteiger partial charge in [-0.1, -0.05) is 23.9 Å². The highest BCUT2D eigenvalue weighted by molar-refractivity contribution is 7.99. The molecule has 1 aromatic carbocycles. The molecular weight excluding hydrogens is 406 g/mol. The second kappa shape index (κ2) is 7.58. The van der Waals surface area contributed by atoms with Crippen LogP contribution >= 0.6 is 23.1 Å². The van der Waals surface area contributed by atoms with Crippen molar-refractivity contribution in [2.24, 2.45) is 5.73 Å². The van der Waals surface area contributed by atoms with Crippen LogP contribution in [0.15, 0.2) is 46.8 Å². The van der Waals surface area contributed by atoms with Crippen molar-refractivity contribution in [1.29, 1.82) is 5.26 Å². The molecule has 0 radical (unpaired) electrons. The van der Waals surface area contributed by atoms with E-state index in [4.69, 9.17) is 5.73 Å². The van der Waals surface area contributed by atoms with Crippen LogP contribution in [0.4, 0.5) is 5.00 Å². The summed E-state index contributed by atoms with van der Waals surface area (Å²) in [5.74, 6) is -0.702. The maximum atomic E-state index is 12.4. The van der Waals surface area contributed by atoms with E-state index in [2.05, 4.69) is 16.4 Å². The number of hydrogen-bond acceptors (Lipinski definition) is 6. The smallest absolute Gasteiger partial charge is 0.251 e. The third-order valence-electron chi connectivity index (χ3n) is 4.39. The lowest BCUT2D eigenvalue weighted by Crippen LogP contribution is -2.18. The molecule has 0 aliphatic rings. The summed E-state index contributed by atoms with van der Waals surface area (Å²) in [5, 5.41) is 15.2. The van der Waals surface area contributed by atoms with Crippen LogP contribution in [0.1, 0.15) is 21.5 Å². The van der Waals surface area contributed by atoms with Crippen LogP contribution in [-0.2, 0) is 4.79 Å². The average molecular weight is 422 g/mol. The Balaban J connectivity index is 1.66. The normalized spacial score (nSPS) is 10.9. The van der Waals surface area contributed by atoms with Crippen molar-refractivity contribution in [3.8, 4) is 6.07 Å². The Hall–Kier alpha value is -3.35. The first-order valence-corrected chi connectivity index (χ1v) is 10.5. The highest BCUT2D eigenvalue weighted by Crippen LogP contribution is 2.30. The lowest BCUT2D eigenvalue weighted by molar-refractivity contribution is -0.113. The summed E-state index contributed by atoms with van der Waals surface area (Å²) in [6, 6.07) is 13.3. The number of primary amides is 1. The van der Waals surface area contributed by atoms with Crippen molar-refractivity contribution in [1.82, 2.24) is 9.38 Å².